The van der Waals surface area contributed by atoms with Crippen LogP contribution >= 0.6 is 11.3 Å². The number of thiophene rings is 1. The van der Waals surface area contributed by atoms with Gasteiger partial charge in [0.25, 0.3) is 0 Å². The van der Waals surface area contributed by atoms with Gasteiger partial charge in [-0.3, -0.25) is 4.98 Å². The molecule has 0 radical (unpaired) electrons. The summed E-state index contributed by atoms with van der Waals surface area (Å²) in [6.45, 7) is 0. The number of hydrogen-bond donors (Lipinski definition) is 0. The van der Waals surface area contributed by atoms with Gasteiger partial charge in [0, 0.05) is 48.6 Å². The van der Waals surface area contributed by atoms with Crippen molar-refractivity contribution < 1.29 is 0 Å². The molecule has 3 nitrogen and oxygen atoms in total. The highest BCUT2D eigenvalue weighted by Crippen LogP contribution is 2.42. The van der Waals surface area contributed by atoms with E-state index in [0.29, 0.717) is 5.82 Å². The Morgan fingerprint density at radius 2 is 0.891 bits per heavy atom. The molecule has 0 bridgehead atoms. The van der Waals surface area contributed by atoms with Crippen LogP contribution in [0.5, 0.6) is 0 Å². The molecule has 55 heavy (non-hydrogen) atoms. The molecule has 0 amide bonds. The minimum atomic E-state index is 0.687. The highest BCUT2D eigenvalue weighted by atomic mass is 32.1. The summed E-state index contributed by atoms with van der Waals surface area (Å²) in [7, 11) is 0. The van der Waals surface area contributed by atoms with Crippen molar-refractivity contribution in [3.05, 3.63) is 200 Å². The maximum atomic E-state index is 5.28. The summed E-state index contributed by atoms with van der Waals surface area (Å²) >= 11 is 1.86. The summed E-state index contributed by atoms with van der Waals surface area (Å²) in [5.41, 5.74) is 13.8. The van der Waals surface area contributed by atoms with Crippen molar-refractivity contribution in [3.8, 4) is 78.5 Å². The van der Waals surface area contributed by atoms with Gasteiger partial charge in [-0.2, -0.15) is 0 Å². The van der Waals surface area contributed by atoms with Gasteiger partial charge in [0.1, 0.15) is 0 Å². The molecule has 7 aromatic carbocycles. The minimum Gasteiger partial charge on any atom is -0.256 e. The standard InChI is InChI=1S/C51H33N3S/c1-3-13-34(14-4-1)38-17-11-18-39(29-38)40-30-41(43-20-12-21-45-44-19-7-8-23-49(44)55-50(43)45)32-42(31-40)48-33-47(53-51(54-48)37-15-5-2-6-16-37)36-26-24-35(25-27-36)46-22-9-10-28-52-46/h1-33H. The molecule has 258 valence electrons. The van der Waals surface area contributed by atoms with Crippen LogP contribution < -0.4 is 0 Å². The van der Waals surface area contributed by atoms with Crippen molar-refractivity contribution in [1.82, 2.24) is 15.0 Å². The van der Waals surface area contributed by atoms with Crippen molar-refractivity contribution in [2.75, 3.05) is 0 Å². The molecular weight excluding hydrogens is 687 g/mol. The third-order valence-electron chi connectivity index (χ3n) is 10.1. The van der Waals surface area contributed by atoms with Gasteiger partial charge in [0.05, 0.1) is 17.1 Å². The number of nitrogens with zero attached hydrogens (tertiary/aromatic N) is 3. The summed E-state index contributed by atoms with van der Waals surface area (Å²) in [6.07, 6.45) is 1.83. The first-order chi connectivity index (χ1) is 27.2. The molecule has 10 aromatic rings. The Kier molecular flexibility index (Phi) is 8.36. The van der Waals surface area contributed by atoms with E-state index in [9.17, 15) is 0 Å². The first-order valence-corrected chi connectivity index (χ1v) is 19.2. The number of benzene rings is 7. The normalized spacial score (nSPS) is 11.3. The monoisotopic (exact) mass is 719 g/mol. The van der Waals surface area contributed by atoms with Gasteiger partial charge in [-0.25, -0.2) is 9.97 Å². The first-order valence-electron chi connectivity index (χ1n) is 18.4. The average molecular weight is 720 g/mol. The van der Waals surface area contributed by atoms with Gasteiger partial charge in [-0.15, -0.1) is 11.3 Å². The molecule has 0 spiro atoms. The fraction of sp³-hybridized carbons (Fsp3) is 0. The summed E-state index contributed by atoms with van der Waals surface area (Å²) in [5.74, 6) is 0.687. The zero-order valence-corrected chi connectivity index (χ0v) is 30.6. The van der Waals surface area contributed by atoms with Crippen molar-refractivity contribution in [2.24, 2.45) is 0 Å². The highest BCUT2D eigenvalue weighted by Gasteiger charge is 2.16. The molecule has 0 atom stereocenters. The van der Waals surface area contributed by atoms with Gasteiger partial charge < -0.3 is 0 Å². The Hall–Kier alpha value is -7.01. The lowest BCUT2D eigenvalue weighted by atomic mass is 9.92. The van der Waals surface area contributed by atoms with Crippen LogP contribution in [-0.4, -0.2) is 15.0 Å². The molecule has 0 aliphatic heterocycles. The molecular formula is C51H33N3S. The molecule has 0 saturated heterocycles. The van der Waals surface area contributed by atoms with E-state index in [1.807, 2.05) is 53.9 Å². The van der Waals surface area contributed by atoms with E-state index in [2.05, 4.69) is 163 Å². The third kappa shape index (κ3) is 6.39. The summed E-state index contributed by atoms with van der Waals surface area (Å²) in [6, 6.07) is 68.6. The Morgan fingerprint density at radius 3 is 1.65 bits per heavy atom. The van der Waals surface area contributed by atoms with Crippen LogP contribution in [0.25, 0.3) is 98.7 Å². The SMILES string of the molecule is c1ccc(-c2cccc(-c3cc(-c4cc(-c5ccc(-c6ccccn6)cc5)nc(-c5ccccc5)n4)cc(-c4cccc5c4sc4ccccc45)c3)c2)cc1. The Bertz CT molecular complexity index is 2950. The van der Waals surface area contributed by atoms with Crippen LogP contribution in [0.2, 0.25) is 0 Å². The summed E-state index contributed by atoms with van der Waals surface area (Å²) < 4.78 is 2.57. The maximum absolute atomic E-state index is 5.28. The lowest BCUT2D eigenvalue weighted by molar-refractivity contribution is 1.18. The molecule has 3 aromatic heterocycles. The summed E-state index contributed by atoms with van der Waals surface area (Å²) in [4.78, 5) is 15.0. The molecule has 0 aliphatic rings. The highest BCUT2D eigenvalue weighted by molar-refractivity contribution is 7.26. The molecule has 0 fully saturated rings. The largest absolute Gasteiger partial charge is 0.256 e. The van der Waals surface area contributed by atoms with E-state index in [0.717, 1.165) is 56.0 Å². The average Bonchev–Trinajstić information content (AvgIpc) is 3.66. The molecule has 0 unspecified atom stereocenters. The number of rotatable bonds is 7. The van der Waals surface area contributed by atoms with Crippen molar-refractivity contribution in [3.63, 3.8) is 0 Å². The molecule has 4 heteroatoms. The van der Waals surface area contributed by atoms with Gasteiger partial charge in [0.2, 0.25) is 0 Å². The van der Waals surface area contributed by atoms with E-state index in [4.69, 9.17) is 9.97 Å². The zero-order chi connectivity index (χ0) is 36.6. The second-order valence-electron chi connectivity index (χ2n) is 13.6. The minimum absolute atomic E-state index is 0.687. The van der Waals surface area contributed by atoms with E-state index in [1.165, 1.54) is 36.9 Å². The summed E-state index contributed by atoms with van der Waals surface area (Å²) in [5, 5.41) is 2.57. The second kappa shape index (κ2) is 14.1. The predicted octanol–water partition coefficient (Wildman–Crippen LogP) is 13.9. The van der Waals surface area contributed by atoms with Crippen molar-refractivity contribution >= 4 is 31.5 Å². The fourth-order valence-corrected chi connectivity index (χ4v) is 8.62. The van der Waals surface area contributed by atoms with E-state index >= 15 is 0 Å². The van der Waals surface area contributed by atoms with Crippen molar-refractivity contribution in [2.45, 2.75) is 0 Å². The van der Waals surface area contributed by atoms with E-state index < -0.39 is 0 Å². The smallest absolute Gasteiger partial charge is 0.160 e. The molecule has 0 aliphatic carbocycles. The van der Waals surface area contributed by atoms with Gasteiger partial charge in [-0.1, -0.05) is 146 Å². The van der Waals surface area contributed by atoms with Gasteiger partial charge in [-0.05, 0) is 81.9 Å². The lowest BCUT2D eigenvalue weighted by Crippen LogP contribution is -1.97. The van der Waals surface area contributed by atoms with Crippen LogP contribution in [0, 0.1) is 0 Å². The van der Waals surface area contributed by atoms with Crippen LogP contribution in [0.1, 0.15) is 0 Å². The lowest BCUT2D eigenvalue weighted by Gasteiger charge is -2.14. The predicted molar refractivity (Wildman–Crippen MR) is 231 cm³/mol. The number of hydrogen-bond acceptors (Lipinski definition) is 4. The number of aromatic nitrogens is 3. The van der Waals surface area contributed by atoms with E-state index in [-0.39, 0.29) is 0 Å². The van der Waals surface area contributed by atoms with Crippen LogP contribution in [0.3, 0.4) is 0 Å². The molecule has 0 saturated carbocycles. The van der Waals surface area contributed by atoms with E-state index in [1.54, 1.807) is 0 Å². The van der Waals surface area contributed by atoms with Crippen LogP contribution in [0.15, 0.2) is 200 Å². The Labute approximate surface area is 323 Å². The van der Waals surface area contributed by atoms with Crippen LogP contribution in [0.4, 0.5) is 0 Å². The third-order valence-corrected chi connectivity index (χ3v) is 11.4. The van der Waals surface area contributed by atoms with Crippen molar-refractivity contribution in [1.29, 1.82) is 0 Å². The molecule has 10 rings (SSSR count). The zero-order valence-electron chi connectivity index (χ0n) is 29.8. The molecule has 3 heterocycles. The second-order valence-corrected chi connectivity index (χ2v) is 14.7. The Morgan fingerprint density at radius 1 is 0.327 bits per heavy atom. The Balaban J connectivity index is 1.18. The van der Waals surface area contributed by atoms with Gasteiger partial charge in [0.15, 0.2) is 5.82 Å². The number of pyridine rings is 1. The number of fused-ring (bicyclic) bond motifs is 3. The van der Waals surface area contributed by atoms with Gasteiger partial charge >= 0.3 is 0 Å². The molecule has 0 N–H and O–H groups in total. The quantitative estimate of drug-likeness (QED) is 0.165. The maximum Gasteiger partial charge on any atom is 0.160 e. The fourth-order valence-electron chi connectivity index (χ4n) is 7.39. The topological polar surface area (TPSA) is 38.7 Å². The first kappa shape index (κ1) is 32.6. The van der Waals surface area contributed by atoms with Crippen LogP contribution in [-0.2, 0) is 0 Å².